The number of rotatable bonds is 8. The van der Waals surface area contributed by atoms with Gasteiger partial charge in [0.1, 0.15) is 27.4 Å². The van der Waals surface area contributed by atoms with Crippen LogP contribution in [0.1, 0.15) is 29.5 Å². The van der Waals surface area contributed by atoms with E-state index >= 15 is 0 Å². The Balaban J connectivity index is 1.51. The number of hydrogen-bond donors (Lipinski definition) is 2. The Morgan fingerprint density at radius 3 is 2.81 bits per heavy atom. The van der Waals surface area contributed by atoms with Crippen molar-refractivity contribution in [3.63, 3.8) is 0 Å². The van der Waals surface area contributed by atoms with Gasteiger partial charge in [0.25, 0.3) is 5.91 Å². The van der Waals surface area contributed by atoms with E-state index in [-0.39, 0.29) is 5.91 Å². The van der Waals surface area contributed by atoms with Crippen LogP contribution >= 0.6 is 12.2 Å². The second kappa shape index (κ2) is 9.13. The molecular weight excluding hydrogens is 412 g/mol. The Hall–Kier alpha value is -3.46. The number of aryl methyl sites for hydroxylation is 2. The minimum Gasteiger partial charge on any atom is -0.494 e. The number of carbonyl (C=O) groups is 1. The topological polar surface area (TPSA) is 89.2 Å². The van der Waals surface area contributed by atoms with Crippen LogP contribution in [0.2, 0.25) is 0 Å². The largest absolute Gasteiger partial charge is 0.494 e. The third kappa shape index (κ3) is 4.51. The Kier molecular flexibility index (Phi) is 6.13. The molecule has 0 aliphatic rings. The summed E-state index contributed by atoms with van der Waals surface area (Å²) in [5.41, 5.74) is 2.78. The van der Waals surface area contributed by atoms with Crippen molar-refractivity contribution in [3.05, 3.63) is 65.0 Å². The summed E-state index contributed by atoms with van der Waals surface area (Å²) in [7, 11) is 0. The zero-order chi connectivity index (χ0) is 21.8. The summed E-state index contributed by atoms with van der Waals surface area (Å²) in [6.45, 7) is 5.87. The van der Waals surface area contributed by atoms with E-state index < -0.39 is 0 Å². The molecular formula is C22H24N6O2S. The summed E-state index contributed by atoms with van der Waals surface area (Å²) in [6.07, 6.45) is 6.05. The number of nitrogens with zero attached hydrogens (tertiary/aromatic N) is 4. The number of amides is 1. The average Bonchev–Trinajstić information content (AvgIpc) is 3.38. The summed E-state index contributed by atoms with van der Waals surface area (Å²) in [4.78, 5) is 20.3. The summed E-state index contributed by atoms with van der Waals surface area (Å²) in [5.74, 6) is 1.58. The van der Waals surface area contributed by atoms with Crippen molar-refractivity contribution in [3.8, 4) is 17.0 Å². The quantitative estimate of drug-likeness (QED) is 0.324. The van der Waals surface area contributed by atoms with Crippen LogP contribution < -0.4 is 10.1 Å². The molecule has 160 valence electrons. The van der Waals surface area contributed by atoms with Gasteiger partial charge in [0.2, 0.25) is 0 Å². The lowest BCUT2D eigenvalue weighted by atomic mass is 10.1. The first kappa shape index (κ1) is 20.8. The van der Waals surface area contributed by atoms with Crippen LogP contribution in [0.5, 0.6) is 5.75 Å². The lowest BCUT2D eigenvalue weighted by Crippen LogP contribution is -2.25. The monoisotopic (exact) mass is 436 g/mol. The predicted molar refractivity (Wildman–Crippen MR) is 121 cm³/mol. The van der Waals surface area contributed by atoms with E-state index in [4.69, 9.17) is 17.0 Å². The number of benzene rings is 1. The highest BCUT2D eigenvalue weighted by Crippen LogP contribution is 2.22. The van der Waals surface area contributed by atoms with E-state index in [9.17, 15) is 4.79 Å². The minimum atomic E-state index is -0.188. The Morgan fingerprint density at radius 2 is 2.10 bits per heavy atom. The summed E-state index contributed by atoms with van der Waals surface area (Å²) < 4.78 is 9.65. The van der Waals surface area contributed by atoms with Crippen LogP contribution in [0.25, 0.3) is 16.9 Å². The molecule has 3 aromatic heterocycles. The second-order valence-corrected chi connectivity index (χ2v) is 7.49. The molecule has 0 saturated carbocycles. The second-order valence-electron chi connectivity index (χ2n) is 7.07. The van der Waals surface area contributed by atoms with E-state index in [1.54, 1.807) is 16.9 Å². The molecule has 0 saturated heterocycles. The van der Waals surface area contributed by atoms with Gasteiger partial charge in [0, 0.05) is 31.2 Å². The van der Waals surface area contributed by atoms with Gasteiger partial charge in [-0.1, -0.05) is 12.2 Å². The molecule has 2 N–H and O–H groups in total. The van der Waals surface area contributed by atoms with Gasteiger partial charge in [-0.3, -0.25) is 4.79 Å². The van der Waals surface area contributed by atoms with Gasteiger partial charge >= 0.3 is 0 Å². The molecule has 1 aromatic carbocycles. The maximum Gasteiger partial charge on any atom is 0.256 e. The van der Waals surface area contributed by atoms with E-state index in [2.05, 4.69) is 25.0 Å². The molecule has 31 heavy (non-hydrogen) atoms. The molecule has 0 radical (unpaired) electrons. The summed E-state index contributed by atoms with van der Waals surface area (Å²) in [6, 6.07) is 9.56. The number of ether oxygens (including phenoxy) is 1. The van der Waals surface area contributed by atoms with Crippen LogP contribution in [0.15, 0.2) is 48.9 Å². The Bertz CT molecular complexity index is 1260. The Labute approximate surface area is 184 Å². The number of aromatic nitrogens is 5. The van der Waals surface area contributed by atoms with E-state index in [1.807, 2.05) is 50.4 Å². The molecule has 9 heteroatoms. The molecule has 4 rings (SSSR count). The molecule has 0 atom stereocenters. The highest BCUT2D eigenvalue weighted by molar-refractivity contribution is 7.71. The van der Waals surface area contributed by atoms with Crippen molar-refractivity contribution in [1.29, 1.82) is 0 Å². The maximum absolute atomic E-state index is 12.8. The van der Waals surface area contributed by atoms with Gasteiger partial charge < -0.3 is 19.6 Å². The van der Waals surface area contributed by atoms with Crippen LogP contribution in [-0.2, 0) is 6.54 Å². The molecule has 3 heterocycles. The van der Waals surface area contributed by atoms with E-state index in [0.717, 1.165) is 35.8 Å². The zero-order valence-corrected chi connectivity index (χ0v) is 18.3. The molecule has 0 fully saturated rings. The van der Waals surface area contributed by atoms with Crippen molar-refractivity contribution in [2.24, 2.45) is 0 Å². The molecule has 0 unspecified atom stereocenters. The van der Waals surface area contributed by atoms with Crippen LogP contribution in [0, 0.1) is 11.6 Å². The fourth-order valence-electron chi connectivity index (χ4n) is 3.39. The first-order valence-corrected chi connectivity index (χ1v) is 10.6. The first-order chi connectivity index (χ1) is 15.1. The summed E-state index contributed by atoms with van der Waals surface area (Å²) >= 11 is 5.49. The number of fused-ring (bicyclic) bond motifs is 1. The number of hydrogen-bond acceptors (Lipinski definition) is 5. The van der Waals surface area contributed by atoms with Crippen LogP contribution in [-0.4, -0.2) is 43.2 Å². The molecule has 1 amide bonds. The van der Waals surface area contributed by atoms with Crippen molar-refractivity contribution in [2.45, 2.75) is 26.8 Å². The van der Waals surface area contributed by atoms with Gasteiger partial charge in [0.05, 0.1) is 12.8 Å². The number of carbonyl (C=O) groups excluding carboxylic acids is 1. The van der Waals surface area contributed by atoms with Gasteiger partial charge in [-0.15, -0.1) is 0 Å². The lowest BCUT2D eigenvalue weighted by molar-refractivity contribution is 0.0954. The predicted octanol–water partition coefficient (Wildman–Crippen LogP) is 3.78. The highest BCUT2D eigenvalue weighted by Gasteiger charge is 2.15. The van der Waals surface area contributed by atoms with Crippen LogP contribution in [0.4, 0.5) is 0 Å². The van der Waals surface area contributed by atoms with Crippen molar-refractivity contribution in [1.82, 2.24) is 29.5 Å². The zero-order valence-electron chi connectivity index (χ0n) is 17.5. The van der Waals surface area contributed by atoms with E-state index in [1.165, 1.54) is 0 Å². The highest BCUT2D eigenvalue weighted by atomic mass is 32.1. The SMILES string of the molecule is CCOc1ccc(-c2cc(=S)n3ncc(C(=O)NCCCn4ccnc4C)c3[nH]2)cc1. The number of H-pyrrole nitrogens is 1. The lowest BCUT2D eigenvalue weighted by Gasteiger charge is -2.08. The molecule has 8 nitrogen and oxygen atoms in total. The molecule has 0 aliphatic heterocycles. The first-order valence-electron chi connectivity index (χ1n) is 10.2. The number of imidazole rings is 1. The molecule has 4 aromatic rings. The van der Waals surface area contributed by atoms with Gasteiger partial charge in [0.15, 0.2) is 0 Å². The third-order valence-corrected chi connectivity index (χ3v) is 5.30. The summed E-state index contributed by atoms with van der Waals surface area (Å²) in [5, 5.41) is 7.24. The standard InChI is InChI=1S/C22H24N6O2S/c1-3-30-17-7-5-16(6-8-17)19-13-20(31)28-21(26-19)18(14-25-28)22(29)24-9-4-11-27-12-10-23-15(27)2/h5-8,10,12-14,26H,3-4,9,11H2,1-2H3,(H,24,29). The fraction of sp³-hybridized carbons (Fsp3) is 0.273. The third-order valence-electron chi connectivity index (χ3n) is 5.00. The van der Waals surface area contributed by atoms with Gasteiger partial charge in [-0.25, -0.2) is 9.50 Å². The number of nitrogens with one attached hydrogen (secondary N) is 2. The van der Waals surface area contributed by atoms with Crippen molar-refractivity contribution >= 4 is 23.8 Å². The minimum absolute atomic E-state index is 0.188. The Morgan fingerprint density at radius 1 is 1.29 bits per heavy atom. The van der Waals surface area contributed by atoms with Crippen LogP contribution in [0.3, 0.4) is 0 Å². The average molecular weight is 437 g/mol. The van der Waals surface area contributed by atoms with Gasteiger partial charge in [-0.2, -0.15) is 5.10 Å². The molecule has 0 spiro atoms. The van der Waals surface area contributed by atoms with Crippen molar-refractivity contribution in [2.75, 3.05) is 13.2 Å². The normalized spacial score (nSPS) is 11.0. The van der Waals surface area contributed by atoms with E-state index in [0.29, 0.717) is 29.0 Å². The fourth-order valence-corrected chi connectivity index (χ4v) is 3.65. The smallest absolute Gasteiger partial charge is 0.256 e. The number of aromatic amines is 1. The molecule has 0 aliphatic carbocycles. The van der Waals surface area contributed by atoms with Crippen molar-refractivity contribution < 1.29 is 9.53 Å². The molecule has 0 bridgehead atoms. The maximum atomic E-state index is 12.8. The van der Waals surface area contributed by atoms with Gasteiger partial charge in [-0.05, 0) is 56.2 Å².